The molecule has 23 heavy (non-hydrogen) atoms. The van der Waals surface area contributed by atoms with Crippen molar-refractivity contribution >= 4 is 11.9 Å². The molecule has 2 aromatic rings. The van der Waals surface area contributed by atoms with Crippen LogP contribution in [0.5, 0.6) is 0 Å². The molecular weight excluding hydrogens is 302 g/mol. The molecule has 7 heteroatoms. The van der Waals surface area contributed by atoms with E-state index in [1.807, 2.05) is 4.90 Å². The number of piperidine rings is 1. The number of benzene rings is 1. The fraction of sp³-hybridized carbons (Fsp3) is 0.312. The third kappa shape index (κ3) is 2.74. The summed E-state index contributed by atoms with van der Waals surface area (Å²) in [5.74, 6) is -1.30. The molecule has 2 N–H and O–H groups in total. The molecule has 2 heterocycles. The molecular formula is C16H16F2N4O. The fourth-order valence-corrected chi connectivity index (χ4v) is 3.06. The highest BCUT2D eigenvalue weighted by Gasteiger charge is 2.43. The van der Waals surface area contributed by atoms with E-state index in [0.29, 0.717) is 19.0 Å². The van der Waals surface area contributed by atoms with Crippen LogP contribution >= 0.6 is 0 Å². The van der Waals surface area contributed by atoms with Crippen molar-refractivity contribution in [3.8, 4) is 0 Å². The van der Waals surface area contributed by atoms with Gasteiger partial charge in [-0.25, -0.2) is 18.7 Å². The van der Waals surface area contributed by atoms with Crippen LogP contribution in [0.4, 0.5) is 14.7 Å². The first-order chi connectivity index (χ1) is 11.0. The topological polar surface area (TPSA) is 72.1 Å². The molecule has 1 aliphatic rings. The van der Waals surface area contributed by atoms with Crippen LogP contribution in [0, 0.1) is 11.6 Å². The molecule has 0 bridgehead atoms. The molecule has 0 aliphatic carbocycles. The molecule has 1 aromatic carbocycles. The first-order valence-corrected chi connectivity index (χ1v) is 7.30. The minimum absolute atomic E-state index is 0.0265. The van der Waals surface area contributed by atoms with Crippen molar-refractivity contribution in [1.82, 2.24) is 9.97 Å². The summed E-state index contributed by atoms with van der Waals surface area (Å²) in [6.07, 6.45) is 3.82. The van der Waals surface area contributed by atoms with E-state index in [1.165, 1.54) is 0 Å². The van der Waals surface area contributed by atoms with Crippen molar-refractivity contribution in [3.63, 3.8) is 0 Å². The van der Waals surface area contributed by atoms with Crippen molar-refractivity contribution in [1.29, 1.82) is 0 Å². The number of nitrogens with zero attached hydrogens (tertiary/aromatic N) is 3. The number of amides is 1. The molecule has 0 radical (unpaired) electrons. The number of anilines is 1. The average Bonchev–Trinajstić information content (AvgIpc) is 2.58. The standard InChI is InChI=1S/C16H16F2N4O/c17-11-2-3-13(18)12(10-11)16(14(19)23)4-8-22(9-5-16)15-20-6-1-7-21-15/h1-3,6-7,10H,4-5,8-9H2,(H2,19,23). The van der Waals surface area contributed by atoms with Crippen LogP contribution in [-0.4, -0.2) is 29.0 Å². The van der Waals surface area contributed by atoms with Gasteiger partial charge in [-0.05, 0) is 37.1 Å². The van der Waals surface area contributed by atoms with Gasteiger partial charge in [0.2, 0.25) is 11.9 Å². The lowest BCUT2D eigenvalue weighted by Crippen LogP contribution is -2.51. The van der Waals surface area contributed by atoms with Gasteiger partial charge in [0.15, 0.2) is 0 Å². The number of primary amides is 1. The van der Waals surface area contributed by atoms with E-state index < -0.39 is 23.0 Å². The SMILES string of the molecule is NC(=O)C1(c2cc(F)ccc2F)CCN(c2ncccn2)CC1. The van der Waals surface area contributed by atoms with Crippen LogP contribution in [0.3, 0.4) is 0 Å². The van der Waals surface area contributed by atoms with Gasteiger partial charge in [0.05, 0.1) is 5.41 Å². The van der Waals surface area contributed by atoms with Gasteiger partial charge in [-0.1, -0.05) is 0 Å². The molecule has 1 saturated heterocycles. The quantitative estimate of drug-likeness (QED) is 0.936. The molecule has 0 atom stereocenters. The van der Waals surface area contributed by atoms with Gasteiger partial charge in [0.1, 0.15) is 11.6 Å². The predicted octanol–water partition coefficient (Wildman–Crippen LogP) is 1.78. The van der Waals surface area contributed by atoms with Crippen LogP contribution in [0.1, 0.15) is 18.4 Å². The number of carbonyl (C=O) groups excluding carboxylic acids is 1. The summed E-state index contributed by atoms with van der Waals surface area (Å²) < 4.78 is 27.7. The van der Waals surface area contributed by atoms with Crippen molar-refractivity contribution in [3.05, 3.63) is 53.9 Å². The van der Waals surface area contributed by atoms with Crippen molar-refractivity contribution in [2.24, 2.45) is 5.73 Å². The van der Waals surface area contributed by atoms with E-state index in [9.17, 15) is 13.6 Å². The van der Waals surface area contributed by atoms with Crippen LogP contribution in [0.2, 0.25) is 0 Å². The van der Waals surface area contributed by atoms with E-state index >= 15 is 0 Å². The first kappa shape index (κ1) is 15.3. The van der Waals surface area contributed by atoms with E-state index in [1.54, 1.807) is 18.5 Å². The Morgan fingerprint density at radius 2 is 1.83 bits per heavy atom. The molecule has 120 valence electrons. The first-order valence-electron chi connectivity index (χ1n) is 7.30. The summed E-state index contributed by atoms with van der Waals surface area (Å²) >= 11 is 0. The number of halogens is 2. The van der Waals surface area contributed by atoms with Crippen LogP contribution in [0.15, 0.2) is 36.7 Å². The van der Waals surface area contributed by atoms with Gasteiger partial charge < -0.3 is 10.6 Å². The Morgan fingerprint density at radius 3 is 2.43 bits per heavy atom. The van der Waals surface area contributed by atoms with Crippen LogP contribution < -0.4 is 10.6 Å². The highest BCUT2D eigenvalue weighted by atomic mass is 19.1. The van der Waals surface area contributed by atoms with Gasteiger partial charge in [0, 0.05) is 31.0 Å². The summed E-state index contributed by atoms with van der Waals surface area (Å²) in [6.45, 7) is 0.867. The van der Waals surface area contributed by atoms with Crippen molar-refractivity contribution < 1.29 is 13.6 Å². The van der Waals surface area contributed by atoms with E-state index in [-0.39, 0.29) is 18.4 Å². The number of hydrogen-bond donors (Lipinski definition) is 1. The maximum absolute atomic E-state index is 14.2. The molecule has 1 aromatic heterocycles. The second-order valence-corrected chi connectivity index (χ2v) is 5.61. The van der Waals surface area contributed by atoms with Crippen LogP contribution in [0.25, 0.3) is 0 Å². The molecule has 1 aliphatic heterocycles. The molecule has 5 nitrogen and oxygen atoms in total. The molecule has 3 rings (SSSR count). The largest absolute Gasteiger partial charge is 0.369 e. The number of carbonyl (C=O) groups is 1. The van der Waals surface area contributed by atoms with Gasteiger partial charge >= 0.3 is 0 Å². The third-order valence-electron chi connectivity index (χ3n) is 4.37. The Bertz CT molecular complexity index is 715. The summed E-state index contributed by atoms with van der Waals surface area (Å²) in [6, 6.07) is 4.83. The highest BCUT2D eigenvalue weighted by molar-refractivity contribution is 5.87. The zero-order valence-corrected chi connectivity index (χ0v) is 12.4. The average molecular weight is 318 g/mol. The Kier molecular flexibility index (Phi) is 3.94. The zero-order chi connectivity index (χ0) is 16.4. The Morgan fingerprint density at radius 1 is 1.17 bits per heavy atom. The molecule has 1 amide bonds. The summed E-state index contributed by atoms with van der Waals surface area (Å²) in [5, 5.41) is 0. The second-order valence-electron chi connectivity index (χ2n) is 5.61. The number of nitrogens with two attached hydrogens (primary N) is 1. The normalized spacial score (nSPS) is 17.0. The summed E-state index contributed by atoms with van der Waals surface area (Å²) in [5.41, 5.74) is 4.38. The van der Waals surface area contributed by atoms with Crippen molar-refractivity contribution in [2.45, 2.75) is 18.3 Å². The monoisotopic (exact) mass is 318 g/mol. The zero-order valence-electron chi connectivity index (χ0n) is 12.4. The summed E-state index contributed by atoms with van der Waals surface area (Å²) in [7, 11) is 0. The minimum Gasteiger partial charge on any atom is -0.369 e. The van der Waals surface area contributed by atoms with Gasteiger partial charge in [-0.2, -0.15) is 0 Å². The molecule has 0 spiro atoms. The maximum atomic E-state index is 14.2. The lowest BCUT2D eigenvalue weighted by Gasteiger charge is -2.40. The lowest BCUT2D eigenvalue weighted by molar-refractivity contribution is -0.124. The summed E-state index contributed by atoms with van der Waals surface area (Å²) in [4.78, 5) is 22.3. The Labute approximate surface area is 132 Å². The van der Waals surface area contributed by atoms with E-state index in [2.05, 4.69) is 9.97 Å². The maximum Gasteiger partial charge on any atom is 0.228 e. The number of rotatable bonds is 3. The number of aromatic nitrogens is 2. The van der Waals surface area contributed by atoms with Gasteiger partial charge in [0.25, 0.3) is 0 Å². The van der Waals surface area contributed by atoms with Gasteiger partial charge in [-0.15, -0.1) is 0 Å². The lowest BCUT2D eigenvalue weighted by atomic mass is 9.72. The molecule has 0 saturated carbocycles. The molecule has 1 fully saturated rings. The Hall–Kier alpha value is -2.57. The highest BCUT2D eigenvalue weighted by Crippen LogP contribution is 2.37. The Balaban J connectivity index is 1.90. The smallest absolute Gasteiger partial charge is 0.228 e. The fourth-order valence-electron chi connectivity index (χ4n) is 3.06. The minimum atomic E-state index is -1.21. The van der Waals surface area contributed by atoms with E-state index in [0.717, 1.165) is 18.2 Å². The number of hydrogen-bond acceptors (Lipinski definition) is 4. The van der Waals surface area contributed by atoms with Crippen molar-refractivity contribution in [2.75, 3.05) is 18.0 Å². The van der Waals surface area contributed by atoms with Gasteiger partial charge in [-0.3, -0.25) is 4.79 Å². The molecule has 0 unspecified atom stereocenters. The predicted molar refractivity (Wildman–Crippen MR) is 80.7 cm³/mol. The third-order valence-corrected chi connectivity index (χ3v) is 4.37. The van der Waals surface area contributed by atoms with Crippen LogP contribution in [-0.2, 0) is 10.2 Å². The van der Waals surface area contributed by atoms with E-state index in [4.69, 9.17) is 5.73 Å². The second kappa shape index (κ2) is 5.91.